The summed E-state index contributed by atoms with van der Waals surface area (Å²) in [6.07, 6.45) is 5.15. The fourth-order valence-electron chi connectivity index (χ4n) is 3.91. The van der Waals surface area contributed by atoms with Crippen molar-refractivity contribution < 1.29 is 9.53 Å². The number of carbonyl (C=O) groups excluding carboxylic acids is 1. The first-order valence-electron chi connectivity index (χ1n) is 10.1. The summed E-state index contributed by atoms with van der Waals surface area (Å²) in [4.78, 5) is 32.8. The van der Waals surface area contributed by atoms with Gasteiger partial charge in [-0.05, 0) is 58.4 Å². The Morgan fingerprint density at radius 1 is 1.36 bits per heavy atom. The molecule has 0 aromatic carbocycles. The number of rotatable bonds is 6. The van der Waals surface area contributed by atoms with Gasteiger partial charge in [0.2, 0.25) is 5.91 Å². The van der Waals surface area contributed by atoms with Crippen molar-refractivity contribution in [3.05, 3.63) is 20.8 Å². The molecule has 0 unspecified atom stereocenters. The number of amides is 1. The van der Waals surface area contributed by atoms with Crippen LogP contribution in [-0.4, -0.2) is 39.5 Å². The fraction of sp³-hybridized carbons (Fsp3) is 0.650. The standard InChI is InChI=1S/C20H27N3O3S2/c1-11(2)21-17(24)12(3)27-20-22-18-16(14-7-4-8-15(14)28-18)19(25)23(20)10-13-6-5-9-26-13/h11-13H,4-10H2,1-3H3,(H,21,24)/t12-,13+/m0/s1. The maximum Gasteiger partial charge on any atom is 0.263 e. The summed E-state index contributed by atoms with van der Waals surface area (Å²) >= 11 is 3.01. The van der Waals surface area contributed by atoms with Gasteiger partial charge in [-0.2, -0.15) is 0 Å². The first kappa shape index (κ1) is 19.9. The second-order valence-electron chi connectivity index (χ2n) is 7.91. The van der Waals surface area contributed by atoms with E-state index in [2.05, 4.69) is 5.32 Å². The van der Waals surface area contributed by atoms with Crippen molar-refractivity contribution in [1.29, 1.82) is 0 Å². The topological polar surface area (TPSA) is 73.2 Å². The summed E-state index contributed by atoms with van der Waals surface area (Å²) in [7, 11) is 0. The number of thioether (sulfide) groups is 1. The molecule has 1 N–H and O–H groups in total. The number of hydrogen-bond acceptors (Lipinski definition) is 6. The van der Waals surface area contributed by atoms with Crippen LogP contribution in [0, 0.1) is 0 Å². The number of thiophene rings is 1. The van der Waals surface area contributed by atoms with Crippen LogP contribution in [0.4, 0.5) is 0 Å². The van der Waals surface area contributed by atoms with E-state index >= 15 is 0 Å². The number of hydrogen-bond donors (Lipinski definition) is 1. The number of fused-ring (bicyclic) bond motifs is 3. The molecule has 1 fully saturated rings. The quantitative estimate of drug-likeness (QED) is 0.573. The Hall–Kier alpha value is -1.38. The lowest BCUT2D eigenvalue weighted by Crippen LogP contribution is -2.36. The van der Waals surface area contributed by atoms with Gasteiger partial charge >= 0.3 is 0 Å². The molecule has 1 saturated heterocycles. The number of carbonyl (C=O) groups is 1. The highest BCUT2D eigenvalue weighted by molar-refractivity contribution is 8.00. The summed E-state index contributed by atoms with van der Waals surface area (Å²) in [5.41, 5.74) is 1.22. The summed E-state index contributed by atoms with van der Waals surface area (Å²) in [6.45, 7) is 7.01. The average Bonchev–Trinajstić information content (AvgIpc) is 3.34. The summed E-state index contributed by atoms with van der Waals surface area (Å²) < 4.78 is 7.54. The normalized spacial score (nSPS) is 20.1. The smallest absolute Gasteiger partial charge is 0.263 e. The lowest BCUT2D eigenvalue weighted by atomic mass is 10.2. The van der Waals surface area contributed by atoms with Crippen molar-refractivity contribution >= 4 is 39.2 Å². The van der Waals surface area contributed by atoms with Crippen LogP contribution in [0.25, 0.3) is 10.2 Å². The number of aromatic nitrogens is 2. The van der Waals surface area contributed by atoms with Gasteiger partial charge in [-0.15, -0.1) is 11.3 Å². The van der Waals surface area contributed by atoms with Crippen LogP contribution in [0.1, 0.15) is 50.5 Å². The molecule has 0 spiro atoms. The van der Waals surface area contributed by atoms with E-state index in [0.29, 0.717) is 11.7 Å². The van der Waals surface area contributed by atoms with Crippen LogP contribution in [0.3, 0.4) is 0 Å². The third-order valence-corrected chi connectivity index (χ3v) is 7.56. The summed E-state index contributed by atoms with van der Waals surface area (Å²) in [5.74, 6) is -0.0355. The zero-order chi connectivity index (χ0) is 19.8. The molecule has 28 heavy (non-hydrogen) atoms. The SMILES string of the molecule is CC(C)NC(=O)[C@H](C)Sc1nc2sc3c(c2c(=O)n1C[C@H]1CCCO1)CCC3. The average molecular weight is 422 g/mol. The Kier molecular flexibility index (Phi) is 5.81. The minimum absolute atomic E-state index is 0.0267. The van der Waals surface area contributed by atoms with Crippen LogP contribution in [0.5, 0.6) is 0 Å². The number of aryl methyl sites for hydroxylation is 2. The van der Waals surface area contributed by atoms with E-state index in [9.17, 15) is 9.59 Å². The maximum atomic E-state index is 13.4. The van der Waals surface area contributed by atoms with Gasteiger partial charge in [-0.3, -0.25) is 14.2 Å². The van der Waals surface area contributed by atoms with Crippen LogP contribution in [0.15, 0.2) is 9.95 Å². The third kappa shape index (κ3) is 3.86. The largest absolute Gasteiger partial charge is 0.376 e. The van der Waals surface area contributed by atoms with Gasteiger partial charge in [0, 0.05) is 17.5 Å². The number of nitrogens with one attached hydrogen (secondary N) is 1. The fourth-order valence-corrected chi connectivity index (χ4v) is 6.14. The molecule has 6 nitrogen and oxygen atoms in total. The van der Waals surface area contributed by atoms with E-state index < -0.39 is 0 Å². The Bertz CT molecular complexity index is 944. The minimum Gasteiger partial charge on any atom is -0.376 e. The van der Waals surface area contributed by atoms with Gasteiger partial charge in [0.15, 0.2) is 5.16 Å². The molecule has 8 heteroatoms. The highest BCUT2D eigenvalue weighted by Gasteiger charge is 2.27. The van der Waals surface area contributed by atoms with Gasteiger partial charge < -0.3 is 10.1 Å². The molecule has 4 rings (SSSR count). The predicted molar refractivity (Wildman–Crippen MR) is 113 cm³/mol. The van der Waals surface area contributed by atoms with Crippen molar-refractivity contribution in [1.82, 2.24) is 14.9 Å². The molecule has 0 saturated carbocycles. The number of nitrogens with zero attached hydrogens (tertiary/aromatic N) is 2. The molecular formula is C20H27N3O3S2. The Morgan fingerprint density at radius 2 is 2.18 bits per heavy atom. The zero-order valence-corrected chi connectivity index (χ0v) is 18.3. The van der Waals surface area contributed by atoms with Crippen molar-refractivity contribution in [2.45, 2.75) is 82.0 Å². The van der Waals surface area contributed by atoms with Crippen molar-refractivity contribution in [2.24, 2.45) is 0 Å². The van der Waals surface area contributed by atoms with Crippen LogP contribution in [0.2, 0.25) is 0 Å². The Labute approximate surface area is 173 Å². The molecule has 1 aliphatic heterocycles. The molecule has 1 aliphatic carbocycles. The van der Waals surface area contributed by atoms with E-state index in [1.807, 2.05) is 20.8 Å². The van der Waals surface area contributed by atoms with Gasteiger partial charge in [0.05, 0.1) is 23.3 Å². The first-order chi connectivity index (χ1) is 13.4. The highest BCUT2D eigenvalue weighted by atomic mass is 32.2. The second-order valence-corrected chi connectivity index (χ2v) is 10.3. The van der Waals surface area contributed by atoms with E-state index in [-0.39, 0.29) is 28.9 Å². The van der Waals surface area contributed by atoms with E-state index in [0.717, 1.165) is 48.9 Å². The third-order valence-electron chi connectivity index (χ3n) is 5.28. The minimum atomic E-state index is -0.325. The molecule has 1 amide bonds. The monoisotopic (exact) mass is 421 g/mol. The van der Waals surface area contributed by atoms with Crippen molar-refractivity contribution in [2.75, 3.05) is 6.61 Å². The Morgan fingerprint density at radius 3 is 2.89 bits per heavy atom. The molecular weight excluding hydrogens is 394 g/mol. The zero-order valence-electron chi connectivity index (χ0n) is 16.6. The molecule has 2 atom stereocenters. The van der Waals surface area contributed by atoms with Gasteiger partial charge in [-0.25, -0.2) is 4.98 Å². The van der Waals surface area contributed by atoms with E-state index in [1.165, 1.54) is 22.2 Å². The first-order valence-corrected chi connectivity index (χ1v) is 11.8. The van der Waals surface area contributed by atoms with Gasteiger partial charge in [-0.1, -0.05) is 11.8 Å². The van der Waals surface area contributed by atoms with Gasteiger partial charge in [0.25, 0.3) is 5.56 Å². The second kappa shape index (κ2) is 8.16. The van der Waals surface area contributed by atoms with Crippen LogP contribution < -0.4 is 10.9 Å². The lowest BCUT2D eigenvalue weighted by molar-refractivity contribution is -0.120. The molecule has 0 radical (unpaired) electrons. The molecule has 2 aromatic rings. The molecule has 0 bridgehead atoms. The van der Waals surface area contributed by atoms with Crippen molar-refractivity contribution in [3.8, 4) is 0 Å². The molecule has 152 valence electrons. The van der Waals surface area contributed by atoms with Crippen molar-refractivity contribution in [3.63, 3.8) is 0 Å². The van der Waals surface area contributed by atoms with Gasteiger partial charge in [0.1, 0.15) is 4.83 Å². The van der Waals surface area contributed by atoms with E-state index in [4.69, 9.17) is 9.72 Å². The highest BCUT2D eigenvalue weighted by Crippen LogP contribution is 2.36. The van der Waals surface area contributed by atoms with Crippen LogP contribution in [-0.2, 0) is 28.9 Å². The predicted octanol–water partition coefficient (Wildman–Crippen LogP) is 3.13. The number of ether oxygens (including phenoxy) is 1. The molecule has 2 aliphatic rings. The molecule has 3 heterocycles. The maximum absolute atomic E-state index is 13.4. The van der Waals surface area contributed by atoms with Crippen LogP contribution >= 0.6 is 23.1 Å². The summed E-state index contributed by atoms with van der Waals surface area (Å²) in [5, 5.41) is 4.03. The van der Waals surface area contributed by atoms with E-state index in [1.54, 1.807) is 15.9 Å². The molecule has 2 aromatic heterocycles. The lowest BCUT2D eigenvalue weighted by Gasteiger charge is -2.18. The Balaban J connectivity index is 1.72. The summed E-state index contributed by atoms with van der Waals surface area (Å²) in [6, 6.07) is 0.0836.